The zero-order valence-electron chi connectivity index (χ0n) is 10.0. The number of benzene rings is 1. The zero-order chi connectivity index (χ0) is 12.1. The molecule has 1 heterocycles. The van der Waals surface area contributed by atoms with Crippen LogP contribution in [-0.2, 0) is 0 Å². The second-order valence-corrected chi connectivity index (χ2v) is 3.93. The van der Waals surface area contributed by atoms with Gasteiger partial charge in [0.15, 0.2) is 0 Å². The number of aromatic nitrogens is 1. The Morgan fingerprint density at radius 1 is 0.824 bits per heavy atom. The molecule has 1 aromatic carbocycles. The highest BCUT2D eigenvalue weighted by atomic mass is 15.1. The maximum absolute atomic E-state index is 3.96. The van der Waals surface area contributed by atoms with Gasteiger partial charge in [0.25, 0.3) is 0 Å². The lowest BCUT2D eigenvalue weighted by Crippen LogP contribution is -2.07. The van der Waals surface area contributed by atoms with Crippen molar-refractivity contribution >= 4 is 5.69 Å². The van der Waals surface area contributed by atoms with Crippen molar-refractivity contribution < 1.29 is 0 Å². The average Bonchev–Trinajstić information content (AvgIpc) is 2.38. The highest BCUT2D eigenvalue weighted by molar-refractivity contribution is 5.50. The summed E-state index contributed by atoms with van der Waals surface area (Å²) in [4.78, 5) is 6.03. The second-order valence-electron chi connectivity index (χ2n) is 3.93. The Morgan fingerprint density at radius 2 is 1.35 bits per heavy atom. The van der Waals surface area contributed by atoms with E-state index in [1.54, 1.807) is 12.4 Å². The maximum atomic E-state index is 3.96. The summed E-state index contributed by atoms with van der Waals surface area (Å²) in [7, 11) is 4.05. The van der Waals surface area contributed by atoms with Crippen LogP contribution in [0.5, 0.6) is 0 Å². The van der Waals surface area contributed by atoms with Gasteiger partial charge in [0.05, 0.1) is 0 Å². The van der Waals surface area contributed by atoms with Crippen LogP contribution >= 0.6 is 0 Å². The number of anilines is 1. The third-order valence-electron chi connectivity index (χ3n) is 2.42. The molecule has 0 bridgehead atoms. The van der Waals surface area contributed by atoms with Crippen molar-refractivity contribution in [3.05, 3.63) is 59.9 Å². The largest absolute Gasteiger partial charge is 0.378 e. The molecular formula is C15H14N2. The lowest BCUT2D eigenvalue weighted by molar-refractivity contribution is 1.13. The van der Waals surface area contributed by atoms with Crippen LogP contribution in [0.2, 0.25) is 0 Å². The fourth-order valence-electron chi connectivity index (χ4n) is 1.42. The van der Waals surface area contributed by atoms with E-state index >= 15 is 0 Å². The molecule has 1 aromatic heterocycles. The van der Waals surface area contributed by atoms with Gasteiger partial charge in [-0.1, -0.05) is 11.8 Å². The van der Waals surface area contributed by atoms with Gasteiger partial charge in [0.2, 0.25) is 0 Å². The van der Waals surface area contributed by atoms with Crippen molar-refractivity contribution in [2.24, 2.45) is 0 Å². The smallest absolute Gasteiger partial charge is 0.0361 e. The molecule has 0 fully saturated rings. The van der Waals surface area contributed by atoms with Crippen molar-refractivity contribution in [1.82, 2.24) is 4.98 Å². The van der Waals surface area contributed by atoms with Gasteiger partial charge in [-0.15, -0.1) is 0 Å². The molecule has 2 rings (SSSR count). The second kappa shape index (κ2) is 5.18. The molecule has 0 atom stereocenters. The summed E-state index contributed by atoms with van der Waals surface area (Å²) < 4.78 is 0. The molecule has 0 saturated heterocycles. The van der Waals surface area contributed by atoms with Gasteiger partial charge >= 0.3 is 0 Å². The maximum Gasteiger partial charge on any atom is 0.0361 e. The van der Waals surface area contributed by atoms with E-state index < -0.39 is 0 Å². The fourth-order valence-corrected chi connectivity index (χ4v) is 1.42. The number of rotatable bonds is 1. The molecule has 17 heavy (non-hydrogen) atoms. The summed E-state index contributed by atoms with van der Waals surface area (Å²) in [6.45, 7) is 0. The van der Waals surface area contributed by atoms with Crippen molar-refractivity contribution in [2.75, 3.05) is 19.0 Å². The summed E-state index contributed by atoms with van der Waals surface area (Å²) >= 11 is 0. The van der Waals surface area contributed by atoms with Gasteiger partial charge in [-0.05, 0) is 36.4 Å². The van der Waals surface area contributed by atoms with E-state index in [1.807, 2.05) is 38.4 Å². The zero-order valence-corrected chi connectivity index (χ0v) is 10.0. The highest BCUT2D eigenvalue weighted by Gasteiger charge is 1.93. The quantitative estimate of drug-likeness (QED) is 0.689. The van der Waals surface area contributed by atoms with Gasteiger partial charge in [-0.25, -0.2) is 0 Å². The highest BCUT2D eigenvalue weighted by Crippen LogP contribution is 2.11. The number of hydrogen-bond acceptors (Lipinski definition) is 2. The van der Waals surface area contributed by atoms with E-state index in [2.05, 4.69) is 33.9 Å². The first kappa shape index (κ1) is 11.2. The van der Waals surface area contributed by atoms with Gasteiger partial charge in [-0.2, -0.15) is 0 Å². The molecule has 2 nitrogen and oxygen atoms in total. The standard InChI is InChI=1S/C15H14N2/c1-17(2)15-7-5-13(6-8-15)3-4-14-9-11-16-12-10-14/h5-12H,1-2H3. The van der Waals surface area contributed by atoms with E-state index in [0.29, 0.717) is 0 Å². The van der Waals surface area contributed by atoms with Gasteiger partial charge in [0, 0.05) is 43.3 Å². The molecule has 84 valence electrons. The Kier molecular flexibility index (Phi) is 3.42. The van der Waals surface area contributed by atoms with Crippen LogP contribution in [0.4, 0.5) is 5.69 Å². The Balaban J connectivity index is 2.17. The summed E-state index contributed by atoms with van der Waals surface area (Å²) in [6.07, 6.45) is 3.50. The van der Waals surface area contributed by atoms with E-state index in [1.165, 1.54) is 5.69 Å². The topological polar surface area (TPSA) is 16.1 Å². The Labute approximate surface area is 102 Å². The molecule has 0 unspecified atom stereocenters. The van der Waals surface area contributed by atoms with Crippen LogP contribution in [0.25, 0.3) is 0 Å². The first-order valence-corrected chi connectivity index (χ1v) is 5.45. The molecule has 0 aliphatic carbocycles. The molecule has 0 N–H and O–H groups in total. The van der Waals surface area contributed by atoms with Crippen molar-refractivity contribution in [1.29, 1.82) is 0 Å². The summed E-state index contributed by atoms with van der Waals surface area (Å²) in [5.74, 6) is 6.24. The lowest BCUT2D eigenvalue weighted by Gasteiger charge is -2.11. The Bertz CT molecular complexity index is 531. The van der Waals surface area contributed by atoms with Crippen LogP contribution in [0, 0.1) is 11.8 Å². The van der Waals surface area contributed by atoms with E-state index in [-0.39, 0.29) is 0 Å². The minimum absolute atomic E-state index is 0.983. The van der Waals surface area contributed by atoms with Gasteiger partial charge in [-0.3, -0.25) is 4.98 Å². The minimum atomic E-state index is 0.983. The molecule has 0 saturated carbocycles. The normalized spacial score (nSPS) is 9.29. The van der Waals surface area contributed by atoms with Crippen LogP contribution in [0.1, 0.15) is 11.1 Å². The van der Waals surface area contributed by atoms with Crippen molar-refractivity contribution in [3.8, 4) is 11.8 Å². The number of nitrogens with zero attached hydrogens (tertiary/aromatic N) is 2. The van der Waals surface area contributed by atoms with E-state index in [9.17, 15) is 0 Å². The SMILES string of the molecule is CN(C)c1ccc(C#Cc2ccncc2)cc1. The number of pyridine rings is 1. The molecular weight excluding hydrogens is 208 g/mol. The van der Waals surface area contributed by atoms with Crippen molar-refractivity contribution in [3.63, 3.8) is 0 Å². The van der Waals surface area contributed by atoms with Crippen LogP contribution < -0.4 is 4.90 Å². The van der Waals surface area contributed by atoms with Gasteiger partial charge in [0.1, 0.15) is 0 Å². The third kappa shape index (κ3) is 3.09. The van der Waals surface area contributed by atoms with Crippen LogP contribution in [0.15, 0.2) is 48.8 Å². The third-order valence-corrected chi connectivity index (χ3v) is 2.42. The molecule has 0 aliphatic heterocycles. The fraction of sp³-hybridized carbons (Fsp3) is 0.133. The monoisotopic (exact) mass is 222 g/mol. The Hall–Kier alpha value is -2.27. The van der Waals surface area contributed by atoms with E-state index in [0.717, 1.165) is 11.1 Å². The first-order chi connectivity index (χ1) is 8.25. The Morgan fingerprint density at radius 3 is 1.88 bits per heavy atom. The molecule has 0 aliphatic rings. The molecule has 0 spiro atoms. The van der Waals surface area contributed by atoms with Crippen LogP contribution in [0.3, 0.4) is 0 Å². The van der Waals surface area contributed by atoms with E-state index in [4.69, 9.17) is 0 Å². The van der Waals surface area contributed by atoms with Crippen LogP contribution in [-0.4, -0.2) is 19.1 Å². The first-order valence-electron chi connectivity index (χ1n) is 5.45. The summed E-state index contributed by atoms with van der Waals surface area (Å²) in [5.41, 5.74) is 3.18. The molecule has 2 heteroatoms. The molecule has 0 amide bonds. The summed E-state index contributed by atoms with van der Waals surface area (Å²) in [5, 5.41) is 0. The van der Waals surface area contributed by atoms with Crippen molar-refractivity contribution in [2.45, 2.75) is 0 Å². The lowest BCUT2D eigenvalue weighted by atomic mass is 10.2. The predicted molar refractivity (Wildman–Crippen MR) is 71.0 cm³/mol. The summed E-state index contributed by atoms with van der Waals surface area (Å²) in [6, 6.07) is 12.0. The average molecular weight is 222 g/mol. The predicted octanol–water partition coefficient (Wildman–Crippen LogP) is 2.55. The number of hydrogen-bond donors (Lipinski definition) is 0. The minimum Gasteiger partial charge on any atom is -0.378 e. The van der Waals surface area contributed by atoms with Gasteiger partial charge < -0.3 is 4.90 Å². The molecule has 0 radical (unpaired) electrons. The molecule has 2 aromatic rings.